The van der Waals surface area contributed by atoms with E-state index in [1.54, 1.807) is 35.1 Å². The van der Waals surface area contributed by atoms with Gasteiger partial charge in [-0.3, -0.25) is 4.79 Å². The van der Waals surface area contributed by atoms with Crippen molar-refractivity contribution in [2.24, 2.45) is 0 Å². The zero-order valence-electron chi connectivity index (χ0n) is 13.7. The van der Waals surface area contributed by atoms with Crippen LogP contribution in [0.2, 0.25) is 10.0 Å². The Hall–Kier alpha value is -2.50. The minimum Gasteiger partial charge on any atom is -0.376 e. The van der Waals surface area contributed by atoms with E-state index in [4.69, 9.17) is 23.2 Å². The summed E-state index contributed by atoms with van der Waals surface area (Å²) >= 11 is 12.0. The van der Waals surface area contributed by atoms with Gasteiger partial charge in [-0.1, -0.05) is 29.3 Å². The number of anilines is 2. The van der Waals surface area contributed by atoms with Gasteiger partial charge in [0.15, 0.2) is 0 Å². The molecule has 128 valence electrons. The Labute approximate surface area is 155 Å². The first-order valence-corrected chi connectivity index (χ1v) is 8.28. The maximum Gasteiger partial charge on any atom is 0.258 e. The molecule has 0 radical (unpaired) electrons. The van der Waals surface area contributed by atoms with Crippen LogP contribution in [0.5, 0.6) is 0 Å². The zero-order valence-corrected chi connectivity index (χ0v) is 15.2. The van der Waals surface area contributed by atoms with E-state index in [-0.39, 0.29) is 5.91 Å². The number of benzene rings is 2. The monoisotopic (exact) mass is 374 g/mol. The third-order valence-electron chi connectivity index (χ3n) is 3.61. The van der Waals surface area contributed by atoms with Crippen LogP contribution in [0.15, 0.2) is 54.9 Å². The molecule has 0 spiro atoms. The smallest absolute Gasteiger partial charge is 0.258 e. The van der Waals surface area contributed by atoms with Crippen LogP contribution in [0.1, 0.15) is 10.4 Å². The summed E-state index contributed by atoms with van der Waals surface area (Å²) in [6.07, 6.45) is 3.16. The second-order valence-corrected chi connectivity index (χ2v) is 6.54. The van der Waals surface area contributed by atoms with Gasteiger partial charge in [-0.05, 0) is 36.4 Å². The number of nitrogens with zero attached hydrogens (tertiary/aromatic N) is 3. The number of carbonyl (C=O) groups is 1. The Morgan fingerprint density at radius 1 is 1.12 bits per heavy atom. The third-order valence-corrected chi connectivity index (χ3v) is 4.08. The highest BCUT2D eigenvalue weighted by Gasteiger charge is 2.13. The molecule has 0 atom stereocenters. The molecule has 3 rings (SSSR count). The molecular weight excluding hydrogens is 359 g/mol. The number of amides is 1. The highest BCUT2D eigenvalue weighted by molar-refractivity contribution is 6.31. The second kappa shape index (κ2) is 7.17. The highest BCUT2D eigenvalue weighted by Crippen LogP contribution is 2.28. The van der Waals surface area contributed by atoms with E-state index in [1.807, 2.05) is 37.2 Å². The molecule has 0 unspecified atom stereocenters. The van der Waals surface area contributed by atoms with Crippen LogP contribution in [-0.4, -0.2) is 29.8 Å². The van der Waals surface area contributed by atoms with Crippen LogP contribution in [0.3, 0.4) is 0 Å². The zero-order chi connectivity index (χ0) is 18.0. The van der Waals surface area contributed by atoms with Crippen LogP contribution in [0.25, 0.3) is 5.69 Å². The van der Waals surface area contributed by atoms with Gasteiger partial charge in [-0.2, -0.15) is 5.10 Å². The van der Waals surface area contributed by atoms with Gasteiger partial charge in [0, 0.05) is 30.3 Å². The van der Waals surface area contributed by atoms with E-state index in [9.17, 15) is 4.79 Å². The Morgan fingerprint density at radius 3 is 2.60 bits per heavy atom. The van der Waals surface area contributed by atoms with E-state index < -0.39 is 0 Å². The Kier molecular flexibility index (Phi) is 4.97. The van der Waals surface area contributed by atoms with Crippen molar-refractivity contribution in [1.29, 1.82) is 0 Å². The quantitative estimate of drug-likeness (QED) is 0.731. The molecule has 3 aromatic rings. The first-order chi connectivity index (χ1) is 11.9. The molecule has 2 aromatic carbocycles. The molecule has 1 heterocycles. The lowest BCUT2D eigenvalue weighted by Crippen LogP contribution is -2.16. The van der Waals surface area contributed by atoms with Crippen molar-refractivity contribution >= 4 is 40.5 Å². The van der Waals surface area contributed by atoms with Gasteiger partial charge >= 0.3 is 0 Å². The fourth-order valence-electron chi connectivity index (χ4n) is 2.39. The summed E-state index contributed by atoms with van der Waals surface area (Å²) in [7, 11) is 3.80. The van der Waals surface area contributed by atoms with Crippen molar-refractivity contribution in [3.63, 3.8) is 0 Å². The van der Waals surface area contributed by atoms with E-state index in [0.717, 1.165) is 11.4 Å². The molecule has 0 aliphatic rings. The van der Waals surface area contributed by atoms with Crippen LogP contribution in [0.4, 0.5) is 11.4 Å². The van der Waals surface area contributed by atoms with Crippen LogP contribution >= 0.6 is 23.2 Å². The van der Waals surface area contributed by atoms with Crippen molar-refractivity contribution in [2.75, 3.05) is 24.3 Å². The fourth-order valence-corrected chi connectivity index (χ4v) is 2.75. The standard InChI is InChI=1S/C18H16Cl2N4O/c1-23(2)17-7-6-14(20)9-16(17)22-18(25)12-10-21-24(11-12)15-5-3-4-13(19)8-15/h3-11H,1-2H3,(H,22,25). The molecule has 0 saturated carbocycles. The third kappa shape index (κ3) is 3.95. The average molecular weight is 375 g/mol. The van der Waals surface area contributed by atoms with Crippen molar-refractivity contribution in [3.05, 3.63) is 70.5 Å². The number of aromatic nitrogens is 2. The van der Waals surface area contributed by atoms with Gasteiger partial charge in [0.2, 0.25) is 0 Å². The van der Waals surface area contributed by atoms with Crippen molar-refractivity contribution < 1.29 is 4.79 Å². The van der Waals surface area contributed by atoms with E-state index >= 15 is 0 Å². The largest absolute Gasteiger partial charge is 0.376 e. The first-order valence-electron chi connectivity index (χ1n) is 7.53. The summed E-state index contributed by atoms with van der Waals surface area (Å²) < 4.78 is 1.60. The minimum atomic E-state index is -0.265. The molecule has 0 fully saturated rings. The molecule has 0 bridgehead atoms. The number of halogens is 2. The predicted octanol–water partition coefficient (Wildman–Crippen LogP) is 4.50. The lowest BCUT2D eigenvalue weighted by atomic mass is 10.2. The van der Waals surface area contributed by atoms with E-state index in [2.05, 4.69) is 10.4 Å². The number of carbonyl (C=O) groups excluding carboxylic acids is 1. The average Bonchev–Trinajstić information content (AvgIpc) is 3.05. The molecule has 0 aliphatic carbocycles. The summed E-state index contributed by atoms with van der Waals surface area (Å²) in [5.41, 5.74) is 2.71. The summed E-state index contributed by atoms with van der Waals surface area (Å²) in [5, 5.41) is 8.26. The number of hydrogen-bond acceptors (Lipinski definition) is 3. The van der Waals surface area contributed by atoms with Gasteiger partial charge in [0.1, 0.15) is 0 Å². The van der Waals surface area contributed by atoms with Gasteiger partial charge in [0.25, 0.3) is 5.91 Å². The van der Waals surface area contributed by atoms with Crippen LogP contribution < -0.4 is 10.2 Å². The van der Waals surface area contributed by atoms with Crippen LogP contribution in [-0.2, 0) is 0 Å². The molecule has 5 nitrogen and oxygen atoms in total. The summed E-state index contributed by atoms with van der Waals surface area (Å²) in [4.78, 5) is 14.5. The first kappa shape index (κ1) is 17.3. The SMILES string of the molecule is CN(C)c1ccc(Cl)cc1NC(=O)c1cnn(-c2cccc(Cl)c2)c1. The summed E-state index contributed by atoms with van der Waals surface area (Å²) in [6.45, 7) is 0. The Balaban J connectivity index is 1.85. The van der Waals surface area contributed by atoms with E-state index in [1.165, 1.54) is 6.20 Å². The molecule has 0 aliphatic heterocycles. The van der Waals surface area contributed by atoms with Crippen LogP contribution in [0, 0.1) is 0 Å². The molecular formula is C18H16Cl2N4O. The number of rotatable bonds is 4. The summed E-state index contributed by atoms with van der Waals surface area (Å²) in [6, 6.07) is 12.6. The van der Waals surface area contributed by atoms with E-state index in [0.29, 0.717) is 21.3 Å². The molecule has 25 heavy (non-hydrogen) atoms. The normalized spacial score (nSPS) is 10.6. The second-order valence-electron chi connectivity index (χ2n) is 5.66. The van der Waals surface area contributed by atoms with Crippen molar-refractivity contribution in [2.45, 2.75) is 0 Å². The maximum absolute atomic E-state index is 12.6. The Morgan fingerprint density at radius 2 is 1.88 bits per heavy atom. The maximum atomic E-state index is 12.6. The molecule has 7 heteroatoms. The Bertz CT molecular complexity index is 921. The lowest BCUT2D eigenvalue weighted by molar-refractivity contribution is 0.102. The molecule has 0 saturated heterocycles. The number of nitrogens with one attached hydrogen (secondary N) is 1. The molecule has 1 amide bonds. The topological polar surface area (TPSA) is 50.2 Å². The number of hydrogen-bond donors (Lipinski definition) is 1. The molecule has 1 N–H and O–H groups in total. The van der Waals surface area contributed by atoms with Gasteiger partial charge in [-0.25, -0.2) is 4.68 Å². The van der Waals surface area contributed by atoms with Gasteiger partial charge < -0.3 is 10.2 Å². The van der Waals surface area contributed by atoms with Gasteiger partial charge in [0.05, 0.1) is 28.8 Å². The van der Waals surface area contributed by atoms with Crippen molar-refractivity contribution in [3.8, 4) is 5.69 Å². The van der Waals surface area contributed by atoms with Crippen molar-refractivity contribution in [1.82, 2.24) is 9.78 Å². The highest BCUT2D eigenvalue weighted by atomic mass is 35.5. The summed E-state index contributed by atoms with van der Waals surface area (Å²) in [5.74, 6) is -0.265. The minimum absolute atomic E-state index is 0.265. The molecule has 1 aromatic heterocycles. The fraction of sp³-hybridized carbons (Fsp3) is 0.111. The predicted molar refractivity (Wildman–Crippen MR) is 102 cm³/mol. The van der Waals surface area contributed by atoms with Gasteiger partial charge in [-0.15, -0.1) is 0 Å². The lowest BCUT2D eigenvalue weighted by Gasteiger charge is -2.18.